The SMILES string of the molecule is Cc1sc(C(=O)Nc2cc(N)cc(Cl)c2)cc1-c1ncc(F)cc1OC(C)c1cc(F)c[n+](O)c1. The molecule has 0 bridgehead atoms. The summed E-state index contributed by atoms with van der Waals surface area (Å²) in [6, 6.07) is 8.72. The maximum absolute atomic E-state index is 14.1. The van der Waals surface area contributed by atoms with Crippen molar-refractivity contribution in [2.75, 3.05) is 11.1 Å². The summed E-state index contributed by atoms with van der Waals surface area (Å²) < 4.78 is 34.2. The Labute approximate surface area is 208 Å². The van der Waals surface area contributed by atoms with Crippen LogP contribution in [0.4, 0.5) is 20.2 Å². The second-order valence-corrected chi connectivity index (χ2v) is 9.43. The topological polar surface area (TPSA) is 101 Å². The van der Waals surface area contributed by atoms with E-state index in [1.165, 1.54) is 23.6 Å². The van der Waals surface area contributed by atoms with E-state index >= 15 is 0 Å². The number of nitrogens with one attached hydrogen (secondary N) is 1. The van der Waals surface area contributed by atoms with Crippen molar-refractivity contribution < 1.29 is 28.2 Å². The number of pyridine rings is 2. The standard InChI is InChI=1S/C24H19ClF2N4O3S/c1-12(14-3-17(27)11-31(33)10-14)34-21-6-16(26)9-29-23(21)20-8-22(35-13(20)2)24(32)30-19-5-15(25)4-18(28)7-19/h3-12H,28H2,1-2H3,(H-,30,32,33)/p+1. The van der Waals surface area contributed by atoms with E-state index in [1.54, 1.807) is 38.1 Å². The Kier molecular flexibility index (Phi) is 6.86. The van der Waals surface area contributed by atoms with Crippen LogP contribution in [-0.4, -0.2) is 16.1 Å². The molecule has 1 aromatic carbocycles. The predicted molar refractivity (Wildman–Crippen MR) is 129 cm³/mol. The summed E-state index contributed by atoms with van der Waals surface area (Å²) in [6.07, 6.45) is 2.47. The van der Waals surface area contributed by atoms with Gasteiger partial charge in [0.05, 0.1) is 16.6 Å². The number of aromatic nitrogens is 2. The van der Waals surface area contributed by atoms with E-state index in [4.69, 9.17) is 22.1 Å². The fourth-order valence-corrected chi connectivity index (χ4v) is 4.61. The van der Waals surface area contributed by atoms with Crippen LogP contribution in [0.2, 0.25) is 5.02 Å². The number of benzene rings is 1. The van der Waals surface area contributed by atoms with E-state index in [0.29, 0.717) is 42.8 Å². The quantitative estimate of drug-likeness (QED) is 0.177. The van der Waals surface area contributed by atoms with Crippen molar-refractivity contribution in [2.45, 2.75) is 20.0 Å². The lowest BCUT2D eigenvalue weighted by Gasteiger charge is -2.16. The summed E-state index contributed by atoms with van der Waals surface area (Å²) in [4.78, 5) is 18.2. The van der Waals surface area contributed by atoms with E-state index in [1.807, 2.05) is 0 Å². The highest BCUT2D eigenvalue weighted by Gasteiger charge is 2.21. The van der Waals surface area contributed by atoms with Crippen LogP contribution in [0.3, 0.4) is 0 Å². The van der Waals surface area contributed by atoms with Gasteiger partial charge >= 0.3 is 0 Å². The summed E-state index contributed by atoms with van der Waals surface area (Å²) in [7, 11) is 0. The van der Waals surface area contributed by atoms with Crippen molar-refractivity contribution in [2.24, 2.45) is 0 Å². The highest BCUT2D eigenvalue weighted by molar-refractivity contribution is 7.14. The van der Waals surface area contributed by atoms with Crippen molar-refractivity contribution in [3.05, 3.63) is 87.0 Å². The lowest BCUT2D eigenvalue weighted by atomic mass is 10.1. The molecule has 0 spiro atoms. The van der Waals surface area contributed by atoms with E-state index in [-0.39, 0.29) is 11.7 Å². The maximum Gasteiger partial charge on any atom is 0.265 e. The third-order valence-corrected chi connectivity index (χ3v) is 6.28. The van der Waals surface area contributed by atoms with Gasteiger partial charge in [0.2, 0.25) is 6.20 Å². The molecule has 180 valence electrons. The molecule has 0 fully saturated rings. The van der Waals surface area contributed by atoms with Crippen LogP contribution < -0.4 is 20.5 Å². The molecular weight excluding hydrogens is 498 g/mol. The molecular formula is C24H20ClF2N4O3S+. The van der Waals surface area contributed by atoms with Gasteiger partial charge in [0, 0.05) is 37.6 Å². The Bertz CT molecular complexity index is 1390. The maximum atomic E-state index is 14.1. The number of carbonyl (C=O) groups is 1. The molecule has 3 heterocycles. The van der Waals surface area contributed by atoms with Crippen LogP contribution in [0, 0.1) is 18.6 Å². The zero-order valence-corrected chi connectivity index (χ0v) is 20.1. The van der Waals surface area contributed by atoms with Gasteiger partial charge in [-0.25, -0.2) is 13.8 Å². The molecule has 11 heteroatoms. The monoisotopic (exact) mass is 517 g/mol. The molecule has 0 saturated heterocycles. The van der Waals surface area contributed by atoms with Crippen LogP contribution in [-0.2, 0) is 0 Å². The molecule has 7 nitrogen and oxygen atoms in total. The number of nitrogens with two attached hydrogens (primary N) is 1. The smallest absolute Gasteiger partial charge is 0.265 e. The van der Waals surface area contributed by atoms with Gasteiger partial charge < -0.3 is 15.8 Å². The first-order chi connectivity index (χ1) is 16.6. The van der Waals surface area contributed by atoms with Gasteiger partial charge in [-0.2, -0.15) is 0 Å². The lowest BCUT2D eigenvalue weighted by Crippen LogP contribution is -2.30. The number of aryl methyl sites for hydroxylation is 1. The summed E-state index contributed by atoms with van der Waals surface area (Å²) in [6.45, 7) is 3.42. The number of hydrogen-bond acceptors (Lipinski definition) is 6. The number of thiophene rings is 1. The predicted octanol–water partition coefficient (Wildman–Crippen LogP) is 5.55. The summed E-state index contributed by atoms with van der Waals surface area (Å²) >= 11 is 7.23. The van der Waals surface area contributed by atoms with E-state index < -0.39 is 17.7 Å². The number of hydrogen-bond donors (Lipinski definition) is 3. The summed E-state index contributed by atoms with van der Waals surface area (Å²) in [5.74, 6) is -1.57. The molecule has 0 aliphatic heterocycles. The number of halogens is 3. The zero-order chi connectivity index (χ0) is 25.3. The Balaban J connectivity index is 1.63. The number of anilines is 2. The molecule has 3 aromatic heterocycles. The molecule has 0 aliphatic carbocycles. The van der Waals surface area contributed by atoms with Gasteiger partial charge in [-0.3, -0.25) is 10.0 Å². The van der Waals surface area contributed by atoms with E-state index in [0.717, 1.165) is 23.3 Å². The highest BCUT2D eigenvalue weighted by atomic mass is 35.5. The Morgan fingerprint density at radius 1 is 1.20 bits per heavy atom. The molecule has 4 rings (SSSR count). The van der Waals surface area contributed by atoms with Crippen LogP contribution in [0.1, 0.15) is 33.1 Å². The molecule has 1 atom stereocenters. The van der Waals surface area contributed by atoms with Gasteiger partial charge in [-0.1, -0.05) is 11.6 Å². The molecule has 4 N–H and O–H groups in total. The second-order valence-electron chi connectivity index (χ2n) is 7.74. The largest absolute Gasteiger partial charge is 0.483 e. The molecule has 1 amide bonds. The third-order valence-electron chi connectivity index (χ3n) is 5.01. The third kappa shape index (κ3) is 5.67. The lowest BCUT2D eigenvalue weighted by molar-refractivity contribution is -0.906. The number of amides is 1. The minimum atomic E-state index is -0.749. The van der Waals surface area contributed by atoms with Crippen LogP contribution in [0.5, 0.6) is 5.75 Å². The minimum absolute atomic E-state index is 0.0988. The van der Waals surface area contributed by atoms with Crippen molar-refractivity contribution in [1.82, 2.24) is 4.98 Å². The van der Waals surface area contributed by atoms with Crippen molar-refractivity contribution in [3.8, 4) is 17.0 Å². The van der Waals surface area contributed by atoms with Crippen molar-refractivity contribution in [1.29, 1.82) is 0 Å². The van der Waals surface area contributed by atoms with Gasteiger partial charge in [-0.05, 0) is 44.2 Å². The average Bonchev–Trinajstić information content (AvgIpc) is 3.14. The number of nitrogen functional groups attached to an aromatic ring is 1. The Hall–Kier alpha value is -3.76. The highest BCUT2D eigenvalue weighted by Crippen LogP contribution is 2.37. The number of ether oxygens (including phenoxy) is 1. The first-order valence-corrected chi connectivity index (χ1v) is 11.5. The second kappa shape index (κ2) is 9.85. The first-order valence-electron chi connectivity index (χ1n) is 10.3. The van der Waals surface area contributed by atoms with Crippen molar-refractivity contribution in [3.63, 3.8) is 0 Å². The average molecular weight is 518 g/mol. The first kappa shape index (κ1) is 24.4. The molecule has 0 radical (unpaired) electrons. The number of nitrogens with zero attached hydrogens (tertiary/aromatic N) is 2. The van der Waals surface area contributed by atoms with E-state index in [2.05, 4.69) is 10.3 Å². The fraction of sp³-hybridized carbons (Fsp3) is 0.125. The molecule has 0 aliphatic rings. The number of rotatable bonds is 6. The summed E-state index contributed by atoms with van der Waals surface area (Å²) in [5.41, 5.74) is 7.85. The summed E-state index contributed by atoms with van der Waals surface area (Å²) in [5, 5.41) is 12.8. The zero-order valence-electron chi connectivity index (χ0n) is 18.6. The van der Waals surface area contributed by atoms with Crippen LogP contribution in [0.15, 0.2) is 55.0 Å². The number of carbonyl (C=O) groups excluding carboxylic acids is 1. The van der Waals surface area contributed by atoms with Gasteiger partial charge in [-0.15, -0.1) is 11.3 Å². The van der Waals surface area contributed by atoms with Gasteiger partial charge in [0.15, 0.2) is 5.82 Å². The molecule has 1 unspecified atom stereocenters. The molecule has 35 heavy (non-hydrogen) atoms. The van der Waals surface area contributed by atoms with E-state index in [9.17, 15) is 18.8 Å². The Morgan fingerprint density at radius 3 is 2.69 bits per heavy atom. The minimum Gasteiger partial charge on any atom is -0.483 e. The Morgan fingerprint density at radius 2 is 1.97 bits per heavy atom. The van der Waals surface area contributed by atoms with Gasteiger partial charge in [0.25, 0.3) is 12.1 Å². The fourth-order valence-electron chi connectivity index (χ4n) is 3.45. The normalized spacial score (nSPS) is 11.8. The molecule has 4 aromatic rings. The van der Waals surface area contributed by atoms with Crippen LogP contribution >= 0.6 is 22.9 Å². The molecule has 0 saturated carbocycles. The van der Waals surface area contributed by atoms with Crippen LogP contribution in [0.25, 0.3) is 11.3 Å². The van der Waals surface area contributed by atoms with Crippen molar-refractivity contribution >= 4 is 40.2 Å². The van der Waals surface area contributed by atoms with Gasteiger partial charge in [0.1, 0.15) is 23.4 Å².